The minimum Gasteiger partial charge on any atom is -0.360 e. The van der Waals surface area contributed by atoms with Crippen molar-refractivity contribution in [3.63, 3.8) is 0 Å². The van der Waals surface area contributed by atoms with Crippen LogP contribution in [0.2, 0.25) is 25.7 Å². The quantitative estimate of drug-likeness (QED) is 0.112. The molecule has 0 saturated heterocycles. The molecule has 0 atom stereocenters. The summed E-state index contributed by atoms with van der Waals surface area (Å²) in [6.45, 7) is 7.96. The van der Waals surface area contributed by atoms with Gasteiger partial charge in [0.1, 0.15) is 15.9 Å². The number of rotatable bonds is 7. The molecule has 2 heterocycles. The molecule has 0 aliphatic rings. The van der Waals surface area contributed by atoms with Crippen molar-refractivity contribution in [3.05, 3.63) is 65.8 Å². The van der Waals surface area contributed by atoms with Gasteiger partial charge < -0.3 is 4.74 Å². The molecule has 0 saturated carbocycles. The van der Waals surface area contributed by atoms with E-state index in [9.17, 15) is 20.2 Å². The van der Waals surface area contributed by atoms with E-state index in [2.05, 4.69) is 66.8 Å². The van der Waals surface area contributed by atoms with E-state index in [0.717, 1.165) is 16.9 Å². The van der Waals surface area contributed by atoms with Gasteiger partial charge in [0.15, 0.2) is 0 Å². The van der Waals surface area contributed by atoms with E-state index in [1.807, 2.05) is 0 Å². The van der Waals surface area contributed by atoms with Crippen molar-refractivity contribution in [2.24, 2.45) is 0 Å². The lowest BCUT2D eigenvalue weighted by Gasteiger charge is -2.15. The molecule has 0 bridgehead atoms. The maximum atomic E-state index is 10.8. The lowest BCUT2D eigenvalue weighted by Crippen LogP contribution is -2.22. The van der Waals surface area contributed by atoms with E-state index in [-0.39, 0.29) is 11.4 Å². The van der Waals surface area contributed by atoms with Crippen LogP contribution in [0.5, 0.6) is 0 Å². The highest BCUT2D eigenvalue weighted by molar-refractivity contribution is 9.10. The van der Waals surface area contributed by atoms with Crippen LogP contribution in [0.25, 0.3) is 21.8 Å². The minimum atomic E-state index is -1.10. The predicted molar refractivity (Wildman–Crippen MR) is 139 cm³/mol. The van der Waals surface area contributed by atoms with E-state index < -0.39 is 17.9 Å². The maximum absolute atomic E-state index is 10.8. The second-order valence-electron chi connectivity index (χ2n) is 8.59. The highest BCUT2D eigenvalue weighted by atomic mass is 79.9. The molecule has 2 aromatic carbocycles. The van der Waals surface area contributed by atoms with Crippen LogP contribution in [-0.2, 0) is 11.5 Å². The Balaban J connectivity index is 0.000000212. The summed E-state index contributed by atoms with van der Waals surface area (Å²) < 4.78 is 8.64. The molecule has 0 spiro atoms. The Kier molecular flexibility index (Phi) is 8.17. The summed E-state index contributed by atoms with van der Waals surface area (Å²) in [5.41, 5.74) is 1.65. The van der Waals surface area contributed by atoms with E-state index in [1.165, 1.54) is 24.3 Å². The monoisotopic (exact) mass is 612 g/mol. The second kappa shape index (κ2) is 10.7. The summed E-state index contributed by atoms with van der Waals surface area (Å²) in [6.07, 6.45) is 0. The highest BCUT2D eigenvalue weighted by Crippen LogP contribution is 2.27. The Labute approximate surface area is 212 Å². The molecule has 0 radical (unpaired) electrons. The zero-order chi connectivity index (χ0) is 25.0. The van der Waals surface area contributed by atoms with Crippen molar-refractivity contribution in [3.8, 4) is 0 Å². The summed E-state index contributed by atoms with van der Waals surface area (Å²) in [6, 6.07) is 10.3. The zero-order valence-electron chi connectivity index (χ0n) is 18.6. The summed E-state index contributed by atoms with van der Waals surface area (Å²) >= 11 is 6.55. The van der Waals surface area contributed by atoms with Gasteiger partial charge in [0.25, 0.3) is 11.4 Å². The van der Waals surface area contributed by atoms with Crippen molar-refractivity contribution >= 4 is 73.1 Å². The number of hydrogen-bond donors (Lipinski definition) is 1. The third kappa shape index (κ3) is 6.46. The number of H-pyrrole nitrogens is 1. The zero-order valence-corrected chi connectivity index (χ0v) is 22.8. The van der Waals surface area contributed by atoms with Crippen molar-refractivity contribution < 1.29 is 14.6 Å². The molecule has 2 aromatic heterocycles. The number of hydrogen-bond acceptors (Lipinski definition) is 7. The molecular formula is C20H22Br2N6O5Si. The minimum absolute atomic E-state index is 0.0578. The van der Waals surface area contributed by atoms with E-state index in [0.29, 0.717) is 33.4 Å². The molecule has 0 unspecified atom stereocenters. The first-order valence-corrected chi connectivity index (χ1v) is 15.4. The number of nitro groups is 2. The lowest BCUT2D eigenvalue weighted by molar-refractivity contribution is -0.384. The van der Waals surface area contributed by atoms with Gasteiger partial charge in [0.2, 0.25) is 0 Å². The number of nitro benzene ring substituents is 2. The smallest absolute Gasteiger partial charge is 0.270 e. The number of aromatic nitrogens is 4. The summed E-state index contributed by atoms with van der Waals surface area (Å²) in [5, 5.41) is 33.6. The molecule has 180 valence electrons. The molecule has 1 N–H and O–H groups in total. The number of benzene rings is 2. The van der Waals surface area contributed by atoms with Crippen LogP contribution in [-0.4, -0.2) is 44.5 Å². The Morgan fingerprint density at radius 2 is 1.65 bits per heavy atom. The van der Waals surface area contributed by atoms with Gasteiger partial charge in [-0.25, -0.2) is 4.68 Å². The molecule has 0 fully saturated rings. The Morgan fingerprint density at radius 3 is 2.26 bits per heavy atom. The van der Waals surface area contributed by atoms with Crippen LogP contribution in [0.1, 0.15) is 0 Å². The van der Waals surface area contributed by atoms with E-state index >= 15 is 0 Å². The van der Waals surface area contributed by atoms with Gasteiger partial charge in [0.05, 0.1) is 20.9 Å². The summed E-state index contributed by atoms with van der Waals surface area (Å²) in [4.78, 5) is 20.4. The molecule has 0 aliphatic heterocycles. The van der Waals surface area contributed by atoms with Crippen LogP contribution in [0, 0.1) is 20.2 Å². The van der Waals surface area contributed by atoms with Gasteiger partial charge in [-0.2, -0.15) is 10.2 Å². The standard InChI is InChI=1S/C13H18BrN3O3Si.C7H4BrN3O2/c1-21(2,3)7-6-20-9-16-12-5-4-10(17(18)19)8-11(12)13(14)15-16;8-7-5-3-4(11(12)13)1-2-6(5)9-10-7/h4-5,8H,6-7,9H2,1-3H3;1-3H,(H,9,10). The Bertz CT molecular complexity index is 1350. The van der Waals surface area contributed by atoms with E-state index in [4.69, 9.17) is 4.74 Å². The number of fused-ring (bicyclic) bond motifs is 2. The average Bonchev–Trinajstić information content (AvgIpc) is 3.30. The van der Waals surface area contributed by atoms with Gasteiger partial charge in [-0.1, -0.05) is 19.6 Å². The summed E-state index contributed by atoms with van der Waals surface area (Å²) in [7, 11) is -1.10. The number of nitrogens with one attached hydrogen (secondary N) is 1. The summed E-state index contributed by atoms with van der Waals surface area (Å²) in [5.74, 6) is 0. The van der Waals surface area contributed by atoms with Gasteiger partial charge in [-0.15, -0.1) is 0 Å². The van der Waals surface area contributed by atoms with Gasteiger partial charge in [0, 0.05) is 49.7 Å². The molecular weight excluding hydrogens is 592 g/mol. The number of ether oxygens (including phenoxy) is 1. The van der Waals surface area contributed by atoms with Crippen LogP contribution in [0.15, 0.2) is 45.6 Å². The number of aromatic amines is 1. The first-order valence-electron chi connectivity index (χ1n) is 10.1. The van der Waals surface area contributed by atoms with Gasteiger partial charge in [-0.3, -0.25) is 25.3 Å². The first-order chi connectivity index (χ1) is 16.0. The van der Waals surface area contributed by atoms with Crippen molar-refractivity contribution in [2.75, 3.05) is 6.61 Å². The van der Waals surface area contributed by atoms with Gasteiger partial charge in [-0.05, 0) is 50.0 Å². The molecule has 4 aromatic rings. The van der Waals surface area contributed by atoms with Gasteiger partial charge >= 0.3 is 0 Å². The second-order valence-corrected chi connectivity index (χ2v) is 15.8. The molecule has 0 amide bonds. The predicted octanol–water partition coefficient (Wildman–Crippen LogP) is 6.25. The maximum Gasteiger partial charge on any atom is 0.270 e. The molecule has 14 heteroatoms. The SMILES string of the molecule is C[Si](C)(C)CCOCn1nc(Br)c2cc([N+](=O)[O-])ccc21.O=[N+]([O-])c1ccc2n[nH]c(Br)c2c1. The van der Waals surface area contributed by atoms with Crippen molar-refractivity contribution in [2.45, 2.75) is 32.4 Å². The van der Waals surface area contributed by atoms with Crippen LogP contribution in [0.3, 0.4) is 0 Å². The van der Waals surface area contributed by atoms with E-state index in [1.54, 1.807) is 16.8 Å². The fraction of sp³-hybridized carbons (Fsp3) is 0.300. The van der Waals surface area contributed by atoms with Crippen molar-refractivity contribution in [1.29, 1.82) is 0 Å². The number of non-ortho nitro benzene ring substituents is 2. The first kappa shape index (κ1) is 25.9. The van der Waals surface area contributed by atoms with Crippen molar-refractivity contribution in [1.82, 2.24) is 20.0 Å². The lowest BCUT2D eigenvalue weighted by atomic mass is 10.2. The Morgan fingerprint density at radius 1 is 1.03 bits per heavy atom. The third-order valence-electron chi connectivity index (χ3n) is 4.81. The topological polar surface area (TPSA) is 142 Å². The highest BCUT2D eigenvalue weighted by Gasteiger charge is 2.15. The fourth-order valence-corrected chi connectivity index (χ4v) is 4.62. The number of nitrogens with zero attached hydrogens (tertiary/aromatic N) is 5. The Hall–Kier alpha value is -2.68. The average molecular weight is 614 g/mol. The molecule has 34 heavy (non-hydrogen) atoms. The van der Waals surface area contributed by atoms with Crippen LogP contribution in [0.4, 0.5) is 11.4 Å². The molecule has 11 nitrogen and oxygen atoms in total. The largest absolute Gasteiger partial charge is 0.360 e. The van der Waals surface area contributed by atoms with Crippen LogP contribution >= 0.6 is 31.9 Å². The fourth-order valence-electron chi connectivity index (χ4n) is 2.95. The molecule has 0 aliphatic carbocycles. The third-order valence-corrected chi connectivity index (χ3v) is 7.71. The molecule has 4 rings (SSSR count). The number of halogens is 2. The normalized spacial score (nSPS) is 11.4. The van der Waals surface area contributed by atoms with Crippen LogP contribution < -0.4 is 0 Å².